The first-order chi connectivity index (χ1) is 15.3. The van der Waals surface area contributed by atoms with Crippen molar-refractivity contribution in [1.82, 2.24) is 10.6 Å². The molecule has 2 aliphatic rings. The van der Waals surface area contributed by atoms with Gasteiger partial charge in [-0.05, 0) is 50.4 Å². The molecule has 2 N–H and O–H groups in total. The Hall–Kier alpha value is -0.120. The predicted octanol–water partition coefficient (Wildman–Crippen LogP) is 7.59. The van der Waals surface area contributed by atoms with Crippen molar-refractivity contribution < 1.29 is 4.74 Å². The van der Waals surface area contributed by atoms with Gasteiger partial charge in [-0.3, -0.25) is 0 Å². The van der Waals surface area contributed by atoms with Gasteiger partial charge in [0.2, 0.25) is 0 Å². The standard InChI is InChI=1S/C28H56N2O/c1-3-5-7-9-11-12-14-16-22-31-27-20-18-26(19-21-27)28-29-23-25(24-30-28)17-15-13-10-8-6-4-2/h25-30H,3-24H2,1-2H3. The molecule has 0 spiro atoms. The van der Waals surface area contributed by atoms with Crippen LogP contribution in [0.3, 0.4) is 0 Å². The van der Waals surface area contributed by atoms with E-state index in [1.807, 2.05) is 0 Å². The quantitative estimate of drug-likeness (QED) is 0.217. The summed E-state index contributed by atoms with van der Waals surface area (Å²) in [5.74, 6) is 1.65. The molecule has 1 aliphatic carbocycles. The summed E-state index contributed by atoms with van der Waals surface area (Å²) in [4.78, 5) is 0. The molecule has 3 heteroatoms. The SMILES string of the molecule is CCCCCCCCCCOC1CCC(C2NCC(CCCCCCCC)CN2)CC1. The highest BCUT2D eigenvalue weighted by molar-refractivity contribution is 4.85. The molecule has 3 nitrogen and oxygen atoms in total. The Labute approximate surface area is 195 Å². The number of unbranched alkanes of at least 4 members (excludes halogenated alkanes) is 12. The number of nitrogens with one attached hydrogen (secondary N) is 2. The summed E-state index contributed by atoms with van der Waals surface area (Å²) in [7, 11) is 0. The number of hydrogen-bond donors (Lipinski definition) is 2. The van der Waals surface area contributed by atoms with Gasteiger partial charge in [-0.2, -0.15) is 0 Å². The van der Waals surface area contributed by atoms with E-state index in [2.05, 4.69) is 24.5 Å². The molecule has 0 aromatic heterocycles. The van der Waals surface area contributed by atoms with Crippen molar-refractivity contribution in [1.29, 1.82) is 0 Å². The lowest BCUT2D eigenvalue weighted by molar-refractivity contribution is 0.00847. The molecule has 1 aliphatic heterocycles. The maximum Gasteiger partial charge on any atom is 0.0600 e. The molecule has 0 atom stereocenters. The van der Waals surface area contributed by atoms with Crippen LogP contribution in [0.1, 0.15) is 136 Å². The lowest BCUT2D eigenvalue weighted by atomic mass is 9.84. The lowest BCUT2D eigenvalue weighted by Gasteiger charge is -2.39. The van der Waals surface area contributed by atoms with Crippen molar-refractivity contribution in [3.8, 4) is 0 Å². The summed E-state index contributed by atoms with van der Waals surface area (Å²) in [6.45, 7) is 8.03. The third-order valence-electron chi connectivity index (χ3n) is 7.76. The Morgan fingerprint density at radius 2 is 1.13 bits per heavy atom. The Bertz CT molecular complexity index is 386. The second kappa shape index (κ2) is 18.3. The van der Waals surface area contributed by atoms with Gasteiger partial charge in [0, 0.05) is 19.7 Å². The fourth-order valence-electron chi connectivity index (χ4n) is 5.56. The first-order valence-corrected chi connectivity index (χ1v) is 14.4. The molecule has 0 amide bonds. The molecule has 31 heavy (non-hydrogen) atoms. The van der Waals surface area contributed by atoms with E-state index in [9.17, 15) is 0 Å². The van der Waals surface area contributed by atoms with E-state index in [0.717, 1.165) is 18.4 Å². The zero-order valence-electron chi connectivity index (χ0n) is 21.3. The molecule has 2 fully saturated rings. The summed E-state index contributed by atoms with van der Waals surface area (Å²) in [5, 5.41) is 7.69. The second-order valence-corrected chi connectivity index (χ2v) is 10.6. The number of hydrogen-bond acceptors (Lipinski definition) is 3. The molecule has 0 aromatic rings. The number of ether oxygens (including phenoxy) is 1. The number of rotatable bonds is 18. The van der Waals surface area contributed by atoms with Gasteiger partial charge < -0.3 is 15.4 Å². The molecular weight excluding hydrogens is 380 g/mol. The highest BCUT2D eigenvalue weighted by atomic mass is 16.5. The van der Waals surface area contributed by atoms with Gasteiger partial charge in [-0.1, -0.05) is 97.3 Å². The molecule has 1 saturated heterocycles. The fraction of sp³-hybridized carbons (Fsp3) is 1.00. The predicted molar refractivity (Wildman–Crippen MR) is 136 cm³/mol. The third-order valence-corrected chi connectivity index (χ3v) is 7.76. The van der Waals surface area contributed by atoms with E-state index in [1.165, 1.54) is 135 Å². The highest BCUT2D eigenvalue weighted by Crippen LogP contribution is 2.29. The van der Waals surface area contributed by atoms with Crippen LogP contribution in [0, 0.1) is 11.8 Å². The molecule has 0 unspecified atom stereocenters. The average molecular weight is 437 g/mol. The Balaban J connectivity index is 1.42. The molecule has 2 rings (SSSR count). The van der Waals surface area contributed by atoms with Crippen LogP contribution in [0.25, 0.3) is 0 Å². The van der Waals surface area contributed by atoms with Gasteiger partial charge in [0.15, 0.2) is 0 Å². The summed E-state index contributed by atoms with van der Waals surface area (Å²) in [6, 6.07) is 0. The highest BCUT2D eigenvalue weighted by Gasteiger charge is 2.30. The van der Waals surface area contributed by atoms with E-state index >= 15 is 0 Å². The van der Waals surface area contributed by atoms with Crippen molar-refractivity contribution in [2.24, 2.45) is 11.8 Å². The van der Waals surface area contributed by atoms with E-state index in [0.29, 0.717) is 12.3 Å². The third kappa shape index (κ3) is 12.6. The van der Waals surface area contributed by atoms with Crippen LogP contribution in [0.2, 0.25) is 0 Å². The smallest absolute Gasteiger partial charge is 0.0600 e. The first kappa shape index (κ1) is 27.1. The van der Waals surface area contributed by atoms with E-state index in [1.54, 1.807) is 0 Å². The zero-order chi connectivity index (χ0) is 22.0. The molecule has 0 aromatic carbocycles. The van der Waals surface area contributed by atoms with Crippen LogP contribution in [0.4, 0.5) is 0 Å². The molecular formula is C28H56N2O. The van der Waals surface area contributed by atoms with Crippen molar-refractivity contribution in [2.45, 2.75) is 148 Å². The topological polar surface area (TPSA) is 33.3 Å². The van der Waals surface area contributed by atoms with Crippen molar-refractivity contribution in [3.63, 3.8) is 0 Å². The minimum absolute atomic E-state index is 0.532. The summed E-state index contributed by atoms with van der Waals surface area (Å²) in [6.07, 6.45) is 27.2. The van der Waals surface area contributed by atoms with Gasteiger partial charge >= 0.3 is 0 Å². The monoisotopic (exact) mass is 436 g/mol. The molecule has 184 valence electrons. The van der Waals surface area contributed by atoms with Crippen LogP contribution in [-0.4, -0.2) is 32.0 Å². The van der Waals surface area contributed by atoms with Gasteiger partial charge in [0.25, 0.3) is 0 Å². The van der Waals surface area contributed by atoms with Gasteiger partial charge in [0.1, 0.15) is 0 Å². The second-order valence-electron chi connectivity index (χ2n) is 10.6. The van der Waals surface area contributed by atoms with Crippen LogP contribution in [-0.2, 0) is 4.74 Å². The van der Waals surface area contributed by atoms with E-state index < -0.39 is 0 Å². The largest absolute Gasteiger partial charge is 0.378 e. The molecule has 0 radical (unpaired) electrons. The lowest BCUT2D eigenvalue weighted by Crippen LogP contribution is -2.56. The minimum Gasteiger partial charge on any atom is -0.378 e. The fourth-order valence-corrected chi connectivity index (χ4v) is 5.56. The van der Waals surface area contributed by atoms with Crippen molar-refractivity contribution in [2.75, 3.05) is 19.7 Å². The summed E-state index contributed by atoms with van der Waals surface area (Å²) < 4.78 is 6.22. The van der Waals surface area contributed by atoms with E-state index in [-0.39, 0.29) is 0 Å². The van der Waals surface area contributed by atoms with E-state index in [4.69, 9.17) is 4.74 Å². The Morgan fingerprint density at radius 1 is 0.613 bits per heavy atom. The van der Waals surface area contributed by atoms with Crippen LogP contribution in [0.5, 0.6) is 0 Å². The normalized spacial score (nSPS) is 26.9. The Morgan fingerprint density at radius 3 is 1.71 bits per heavy atom. The van der Waals surface area contributed by atoms with Crippen molar-refractivity contribution in [3.05, 3.63) is 0 Å². The molecule has 1 heterocycles. The van der Waals surface area contributed by atoms with Crippen LogP contribution >= 0.6 is 0 Å². The molecule has 1 saturated carbocycles. The summed E-state index contributed by atoms with van der Waals surface area (Å²) in [5.41, 5.74) is 0. The minimum atomic E-state index is 0.532. The molecule has 0 bridgehead atoms. The van der Waals surface area contributed by atoms with Gasteiger partial charge in [-0.15, -0.1) is 0 Å². The van der Waals surface area contributed by atoms with Crippen LogP contribution in [0.15, 0.2) is 0 Å². The van der Waals surface area contributed by atoms with Crippen LogP contribution < -0.4 is 10.6 Å². The maximum absolute atomic E-state index is 6.22. The van der Waals surface area contributed by atoms with Gasteiger partial charge in [-0.25, -0.2) is 0 Å². The Kier molecular flexibility index (Phi) is 16.0. The maximum atomic E-state index is 6.22. The van der Waals surface area contributed by atoms with Crippen molar-refractivity contribution >= 4 is 0 Å². The van der Waals surface area contributed by atoms with Gasteiger partial charge in [0.05, 0.1) is 12.3 Å². The zero-order valence-corrected chi connectivity index (χ0v) is 21.3. The average Bonchev–Trinajstić information content (AvgIpc) is 2.81. The summed E-state index contributed by atoms with van der Waals surface area (Å²) >= 11 is 0. The first-order valence-electron chi connectivity index (χ1n) is 14.4.